The molecule has 11 heteroatoms. The number of nitrogens with zero attached hydrogens (tertiary/aromatic N) is 3. The number of carbonyl (C=O) groups is 1. The number of anilines is 2. The predicted molar refractivity (Wildman–Crippen MR) is 106 cm³/mol. The summed E-state index contributed by atoms with van der Waals surface area (Å²) in [6.45, 7) is 0.710. The predicted octanol–water partition coefficient (Wildman–Crippen LogP) is 1.48. The second kappa shape index (κ2) is 9.16. The summed E-state index contributed by atoms with van der Waals surface area (Å²) in [6, 6.07) is 6.56. The number of rotatable bonds is 7. The molecular weight excluding hydrogens is 417 g/mol. The average Bonchev–Trinajstić information content (AvgIpc) is 3.08. The van der Waals surface area contributed by atoms with Gasteiger partial charge in [-0.2, -0.15) is 13.7 Å². The van der Waals surface area contributed by atoms with E-state index in [1.807, 2.05) is 4.90 Å². The zero-order chi connectivity index (χ0) is 21.9. The van der Waals surface area contributed by atoms with Gasteiger partial charge in [-0.25, -0.2) is 9.18 Å². The summed E-state index contributed by atoms with van der Waals surface area (Å²) in [4.78, 5) is 15.2. The highest BCUT2D eigenvalue weighted by Gasteiger charge is 2.34. The summed E-state index contributed by atoms with van der Waals surface area (Å²) >= 11 is 0. The highest BCUT2D eigenvalue weighted by molar-refractivity contribution is 7.85. The first kappa shape index (κ1) is 22.3. The van der Waals surface area contributed by atoms with Crippen LogP contribution in [0, 0.1) is 29.0 Å². The van der Waals surface area contributed by atoms with Gasteiger partial charge in [0.15, 0.2) is 0 Å². The van der Waals surface area contributed by atoms with E-state index in [0.717, 1.165) is 6.26 Å². The van der Waals surface area contributed by atoms with E-state index < -0.39 is 34.1 Å². The van der Waals surface area contributed by atoms with Crippen LogP contribution in [0.25, 0.3) is 0 Å². The van der Waals surface area contributed by atoms with Crippen molar-refractivity contribution in [1.29, 1.82) is 5.26 Å². The number of aliphatic hydroxyl groups is 1. The Morgan fingerprint density at radius 2 is 2.10 bits per heavy atom. The summed E-state index contributed by atoms with van der Waals surface area (Å²) < 4.78 is 46.7. The third-order valence-electron chi connectivity index (χ3n) is 5.40. The van der Waals surface area contributed by atoms with Crippen molar-refractivity contribution < 1.29 is 31.6 Å². The van der Waals surface area contributed by atoms with Gasteiger partial charge < -0.3 is 14.7 Å². The van der Waals surface area contributed by atoms with Gasteiger partial charge in [0.25, 0.3) is 10.1 Å². The number of ether oxygens (including phenoxy) is 1. The van der Waals surface area contributed by atoms with Crippen molar-refractivity contribution in [3.63, 3.8) is 0 Å². The SMILES string of the molecule is CS(=O)(=O)OC[C@H]1CN(c2ccc(N3CCC(C(C#N)CO)CC3)c(F)c2)C(=O)O1. The molecule has 164 valence electrons. The van der Waals surface area contributed by atoms with Crippen LogP contribution in [-0.2, 0) is 19.0 Å². The van der Waals surface area contributed by atoms with Crippen LogP contribution in [0.1, 0.15) is 12.8 Å². The van der Waals surface area contributed by atoms with Crippen LogP contribution in [0.4, 0.5) is 20.6 Å². The van der Waals surface area contributed by atoms with Crippen LogP contribution < -0.4 is 9.80 Å². The lowest BCUT2D eigenvalue weighted by Gasteiger charge is -2.35. The molecule has 1 aromatic rings. The minimum Gasteiger partial charge on any atom is -0.441 e. The molecule has 3 rings (SSSR count). The Hall–Kier alpha value is -2.42. The zero-order valence-electron chi connectivity index (χ0n) is 16.5. The maximum Gasteiger partial charge on any atom is 0.414 e. The van der Waals surface area contributed by atoms with Crippen LogP contribution in [-0.4, -0.2) is 64.8 Å². The van der Waals surface area contributed by atoms with Crippen molar-refractivity contribution >= 4 is 27.6 Å². The molecule has 1 amide bonds. The van der Waals surface area contributed by atoms with Gasteiger partial charge in [-0.15, -0.1) is 0 Å². The number of nitriles is 1. The molecular formula is C19H24FN3O6S. The maximum atomic E-state index is 14.8. The van der Waals surface area contributed by atoms with Gasteiger partial charge in [0.05, 0.1) is 42.8 Å². The lowest BCUT2D eigenvalue weighted by molar-refractivity contribution is 0.107. The fourth-order valence-electron chi connectivity index (χ4n) is 3.78. The summed E-state index contributed by atoms with van der Waals surface area (Å²) in [5.74, 6) is -0.808. The molecule has 0 bridgehead atoms. The van der Waals surface area contributed by atoms with Gasteiger partial charge in [-0.3, -0.25) is 9.08 Å². The van der Waals surface area contributed by atoms with Crippen LogP contribution in [0.5, 0.6) is 0 Å². The van der Waals surface area contributed by atoms with Crippen LogP contribution in [0.2, 0.25) is 0 Å². The molecule has 1 unspecified atom stereocenters. The Labute approximate surface area is 174 Å². The molecule has 0 radical (unpaired) electrons. The van der Waals surface area contributed by atoms with Gasteiger partial charge in [0.1, 0.15) is 18.5 Å². The summed E-state index contributed by atoms with van der Waals surface area (Å²) in [5, 5.41) is 18.4. The Morgan fingerprint density at radius 3 is 2.67 bits per heavy atom. The minimum atomic E-state index is -3.66. The normalized spacial score (nSPS) is 21.4. The Morgan fingerprint density at radius 1 is 1.40 bits per heavy atom. The number of carbonyl (C=O) groups excluding carboxylic acids is 1. The molecule has 2 fully saturated rings. The molecule has 0 aliphatic carbocycles. The van der Waals surface area contributed by atoms with Crippen molar-refractivity contribution in [3.05, 3.63) is 24.0 Å². The van der Waals surface area contributed by atoms with Crippen molar-refractivity contribution in [1.82, 2.24) is 0 Å². The maximum absolute atomic E-state index is 14.8. The van der Waals surface area contributed by atoms with E-state index in [2.05, 4.69) is 10.3 Å². The van der Waals surface area contributed by atoms with Crippen molar-refractivity contribution in [2.45, 2.75) is 18.9 Å². The molecule has 1 N–H and O–H groups in total. The largest absolute Gasteiger partial charge is 0.441 e. The highest BCUT2D eigenvalue weighted by atomic mass is 32.2. The van der Waals surface area contributed by atoms with Gasteiger partial charge >= 0.3 is 6.09 Å². The van der Waals surface area contributed by atoms with E-state index in [1.54, 1.807) is 12.1 Å². The molecule has 2 aliphatic heterocycles. The highest BCUT2D eigenvalue weighted by Crippen LogP contribution is 2.32. The number of benzene rings is 1. The molecule has 2 heterocycles. The van der Waals surface area contributed by atoms with E-state index in [1.165, 1.54) is 11.0 Å². The number of halogens is 1. The van der Waals surface area contributed by atoms with Gasteiger partial charge in [0.2, 0.25) is 0 Å². The van der Waals surface area contributed by atoms with Crippen LogP contribution in [0.3, 0.4) is 0 Å². The second-order valence-electron chi connectivity index (χ2n) is 7.48. The third kappa shape index (κ3) is 5.19. The molecule has 2 saturated heterocycles. The second-order valence-corrected chi connectivity index (χ2v) is 9.13. The van der Waals surface area contributed by atoms with Gasteiger partial charge in [0, 0.05) is 13.1 Å². The Kier molecular flexibility index (Phi) is 6.80. The summed E-state index contributed by atoms with van der Waals surface area (Å²) in [7, 11) is -3.66. The molecule has 0 aromatic heterocycles. The quantitative estimate of drug-likeness (QED) is 0.632. The minimum absolute atomic E-state index is 0.0508. The molecule has 1 aromatic carbocycles. The lowest BCUT2D eigenvalue weighted by Crippen LogP contribution is -2.37. The van der Waals surface area contributed by atoms with Gasteiger partial charge in [-0.1, -0.05) is 0 Å². The molecule has 30 heavy (non-hydrogen) atoms. The number of hydrogen-bond acceptors (Lipinski definition) is 8. The number of aliphatic hydroxyl groups excluding tert-OH is 1. The fraction of sp³-hybridized carbons (Fsp3) is 0.579. The monoisotopic (exact) mass is 441 g/mol. The standard InChI is InChI=1S/C19H24FN3O6S/c1-30(26,27)28-12-16-10-23(19(25)29-16)15-2-3-18(17(20)8-15)22-6-4-13(5-7-22)14(9-21)11-24/h2-3,8,13-14,16,24H,4-7,10-12H2,1H3/t14?,16-/m1/s1. The molecule has 2 atom stereocenters. The molecule has 0 saturated carbocycles. The number of hydrogen-bond donors (Lipinski definition) is 1. The fourth-order valence-corrected chi connectivity index (χ4v) is 4.18. The van der Waals surface area contributed by atoms with E-state index in [-0.39, 0.29) is 25.7 Å². The van der Waals surface area contributed by atoms with Crippen LogP contribution in [0.15, 0.2) is 18.2 Å². The third-order valence-corrected chi connectivity index (χ3v) is 5.96. The van der Waals surface area contributed by atoms with Crippen molar-refractivity contribution in [3.8, 4) is 6.07 Å². The van der Waals surface area contributed by atoms with Crippen molar-refractivity contribution in [2.24, 2.45) is 11.8 Å². The van der Waals surface area contributed by atoms with E-state index in [9.17, 15) is 22.7 Å². The number of cyclic esters (lactones) is 1. The smallest absolute Gasteiger partial charge is 0.414 e. The Balaban J connectivity index is 1.63. The first-order chi connectivity index (χ1) is 14.2. The van der Waals surface area contributed by atoms with Crippen molar-refractivity contribution in [2.75, 3.05) is 48.9 Å². The topological polar surface area (TPSA) is 120 Å². The summed E-state index contributed by atoms with van der Waals surface area (Å²) in [6.07, 6.45) is 0.800. The first-order valence-electron chi connectivity index (χ1n) is 9.59. The van der Waals surface area contributed by atoms with Gasteiger partial charge in [-0.05, 0) is 37.0 Å². The zero-order valence-corrected chi connectivity index (χ0v) is 17.3. The molecule has 0 spiro atoms. The lowest BCUT2D eigenvalue weighted by atomic mass is 9.85. The van der Waals surface area contributed by atoms with E-state index in [0.29, 0.717) is 37.3 Å². The Bertz CT molecular complexity index is 927. The average molecular weight is 441 g/mol. The molecule has 9 nitrogen and oxygen atoms in total. The molecule has 2 aliphatic rings. The first-order valence-corrected chi connectivity index (χ1v) is 11.4. The number of piperidine rings is 1. The van der Waals surface area contributed by atoms with Crippen LogP contribution >= 0.6 is 0 Å². The summed E-state index contributed by atoms with van der Waals surface area (Å²) in [5.41, 5.74) is 0.710. The van der Waals surface area contributed by atoms with E-state index >= 15 is 0 Å². The number of amides is 1. The van der Waals surface area contributed by atoms with E-state index in [4.69, 9.17) is 10.00 Å².